The van der Waals surface area contributed by atoms with Gasteiger partial charge in [-0.15, -0.1) is 11.3 Å². The molecule has 0 aliphatic carbocycles. The van der Waals surface area contributed by atoms with Crippen molar-refractivity contribution in [2.45, 2.75) is 6.42 Å². The van der Waals surface area contributed by atoms with Crippen LogP contribution in [0, 0.1) is 0 Å². The Morgan fingerprint density at radius 1 is 0.850 bits per heavy atom. The fourth-order valence-electron chi connectivity index (χ4n) is 2.27. The Kier molecular flexibility index (Phi) is 3.90. The van der Waals surface area contributed by atoms with Crippen molar-refractivity contribution in [3.05, 3.63) is 65.0 Å². The molecule has 2 aromatic carbocycles. The molecule has 0 unspecified atom stereocenters. The summed E-state index contributed by atoms with van der Waals surface area (Å²) in [7, 11) is 0. The van der Waals surface area contributed by atoms with E-state index in [1.54, 1.807) is 11.3 Å². The summed E-state index contributed by atoms with van der Waals surface area (Å²) in [5.41, 5.74) is 12.2. The van der Waals surface area contributed by atoms with Crippen molar-refractivity contribution >= 4 is 11.3 Å². The molecule has 3 heteroatoms. The van der Waals surface area contributed by atoms with Crippen LogP contribution in [0.15, 0.2) is 60.1 Å². The van der Waals surface area contributed by atoms with Crippen LogP contribution >= 0.6 is 11.3 Å². The van der Waals surface area contributed by atoms with E-state index < -0.39 is 0 Å². The molecule has 100 valence electrons. The number of aromatic nitrogens is 1. The molecule has 3 rings (SSSR count). The zero-order chi connectivity index (χ0) is 13.8. The van der Waals surface area contributed by atoms with Crippen molar-refractivity contribution in [1.82, 2.24) is 4.98 Å². The zero-order valence-electron chi connectivity index (χ0n) is 11.1. The second-order valence-electron chi connectivity index (χ2n) is 4.61. The quantitative estimate of drug-likeness (QED) is 0.785. The van der Waals surface area contributed by atoms with E-state index >= 15 is 0 Å². The third-order valence-electron chi connectivity index (χ3n) is 3.28. The van der Waals surface area contributed by atoms with E-state index in [0.29, 0.717) is 6.54 Å². The zero-order valence-corrected chi connectivity index (χ0v) is 11.9. The van der Waals surface area contributed by atoms with E-state index in [2.05, 4.69) is 53.5 Å². The van der Waals surface area contributed by atoms with Crippen LogP contribution in [-0.4, -0.2) is 11.5 Å². The number of thiazole rings is 1. The predicted octanol–water partition coefficient (Wildman–Crippen LogP) is 3.98. The average Bonchev–Trinajstić information content (AvgIpc) is 2.97. The Morgan fingerprint density at radius 3 is 2.20 bits per heavy atom. The van der Waals surface area contributed by atoms with Crippen LogP contribution in [-0.2, 0) is 6.42 Å². The summed E-state index contributed by atoms with van der Waals surface area (Å²) in [5, 5.41) is 0. The van der Waals surface area contributed by atoms with Crippen LogP contribution in [0.5, 0.6) is 0 Å². The third-order valence-corrected chi connectivity index (χ3v) is 4.17. The normalized spacial score (nSPS) is 10.7. The summed E-state index contributed by atoms with van der Waals surface area (Å²) in [4.78, 5) is 5.73. The smallest absolute Gasteiger partial charge is 0.0843 e. The van der Waals surface area contributed by atoms with E-state index in [0.717, 1.165) is 17.7 Å². The first-order valence-corrected chi connectivity index (χ1v) is 7.55. The molecule has 2 N–H and O–H groups in total. The molecule has 0 saturated carbocycles. The third kappa shape index (κ3) is 2.64. The first-order valence-electron chi connectivity index (χ1n) is 6.67. The minimum absolute atomic E-state index is 0.664. The topological polar surface area (TPSA) is 38.9 Å². The van der Waals surface area contributed by atoms with Crippen molar-refractivity contribution in [3.8, 4) is 22.4 Å². The maximum atomic E-state index is 5.65. The molecule has 0 radical (unpaired) electrons. The summed E-state index contributed by atoms with van der Waals surface area (Å²) in [6.07, 6.45) is 0.889. The van der Waals surface area contributed by atoms with Gasteiger partial charge in [0.15, 0.2) is 0 Å². The minimum Gasteiger partial charge on any atom is -0.330 e. The predicted molar refractivity (Wildman–Crippen MR) is 85.7 cm³/mol. The lowest BCUT2D eigenvalue weighted by Crippen LogP contribution is -2.02. The lowest BCUT2D eigenvalue weighted by atomic mass is 10.0. The van der Waals surface area contributed by atoms with Crippen LogP contribution in [0.1, 0.15) is 4.88 Å². The summed E-state index contributed by atoms with van der Waals surface area (Å²) in [6.45, 7) is 0.664. The first-order chi connectivity index (χ1) is 9.88. The van der Waals surface area contributed by atoms with E-state index in [4.69, 9.17) is 5.73 Å². The van der Waals surface area contributed by atoms with Crippen molar-refractivity contribution in [3.63, 3.8) is 0 Å². The Morgan fingerprint density at radius 2 is 1.50 bits per heavy atom. The SMILES string of the molecule is NCCc1scnc1-c1ccc(-c2ccccc2)cc1. The fraction of sp³-hybridized carbons (Fsp3) is 0.118. The molecule has 20 heavy (non-hydrogen) atoms. The van der Waals surface area contributed by atoms with Crippen LogP contribution < -0.4 is 5.73 Å². The fourth-order valence-corrected chi connectivity index (χ4v) is 3.07. The first kappa shape index (κ1) is 13.0. The van der Waals surface area contributed by atoms with Crippen LogP contribution in [0.25, 0.3) is 22.4 Å². The summed E-state index contributed by atoms with van der Waals surface area (Å²) in [6, 6.07) is 19.0. The Hall–Kier alpha value is -1.97. The van der Waals surface area contributed by atoms with E-state index in [1.807, 2.05) is 11.6 Å². The van der Waals surface area contributed by atoms with Crippen molar-refractivity contribution in [2.24, 2.45) is 5.73 Å². The van der Waals surface area contributed by atoms with Crippen LogP contribution in [0.2, 0.25) is 0 Å². The minimum atomic E-state index is 0.664. The molecular weight excluding hydrogens is 264 g/mol. The van der Waals surface area contributed by atoms with E-state index in [1.165, 1.54) is 16.0 Å². The van der Waals surface area contributed by atoms with Gasteiger partial charge in [-0.3, -0.25) is 0 Å². The highest BCUT2D eigenvalue weighted by Crippen LogP contribution is 2.28. The lowest BCUT2D eigenvalue weighted by molar-refractivity contribution is 0.986. The molecule has 0 fully saturated rings. The lowest BCUT2D eigenvalue weighted by Gasteiger charge is -2.04. The van der Waals surface area contributed by atoms with Crippen LogP contribution in [0.3, 0.4) is 0 Å². The molecular formula is C17H16N2S. The van der Waals surface area contributed by atoms with Crippen molar-refractivity contribution in [2.75, 3.05) is 6.54 Å². The molecule has 1 aromatic heterocycles. The number of nitrogens with two attached hydrogens (primary N) is 1. The number of hydrogen-bond acceptors (Lipinski definition) is 3. The van der Waals surface area contributed by atoms with Gasteiger partial charge in [-0.25, -0.2) is 4.98 Å². The van der Waals surface area contributed by atoms with E-state index in [9.17, 15) is 0 Å². The maximum absolute atomic E-state index is 5.65. The maximum Gasteiger partial charge on any atom is 0.0843 e. The molecule has 3 aromatic rings. The molecule has 0 saturated heterocycles. The molecule has 0 aliphatic heterocycles. The molecule has 0 spiro atoms. The van der Waals surface area contributed by atoms with Gasteiger partial charge in [-0.1, -0.05) is 54.6 Å². The molecule has 1 heterocycles. The highest BCUT2D eigenvalue weighted by molar-refractivity contribution is 7.10. The van der Waals surface area contributed by atoms with Gasteiger partial charge in [0, 0.05) is 10.4 Å². The number of nitrogens with zero attached hydrogens (tertiary/aromatic N) is 1. The average molecular weight is 280 g/mol. The van der Waals surface area contributed by atoms with E-state index in [-0.39, 0.29) is 0 Å². The summed E-state index contributed by atoms with van der Waals surface area (Å²) in [5.74, 6) is 0. The molecule has 0 amide bonds. The largest absolute Gasteiger partial charge is 0.330 e. The molecule has 0 atom stereocenters. The standard InChI is InChI=1S/C17H16N2S/c18-11-10-16-17(19-12-20-16)15-8-6-14(7-9-15)13-4-2-1-3-5-13/h1-9,12H,10-11,18H2. The number of hydrogen-bond donors (Lipinski definition) is 1. The Balaban J connectivity index is 1.91. The van der Waals surface area contributed by atoms with Crippen molar-refractivity contribution in [1.29, 1.82) is 0 Å². The van der Waals surface area contributed by atoms with Gasteiger partial charge in [0.1, 0.15) is 0 Å². The summed E-state index contributed by atoms with van der Waals surface area (Å²) >= 11 is 1.68. The second kappa shape index (κ2) is 5.99. The van der Waals surface area contributed by atoms with Gasteiger partial charge >= 0.3 is 0 Å². The highest BCUT2D eigenvalue weighted by atomic mass is 32.1. The van der Waals surface area contributed by atoms with Gasteiger partial charge < -0.3 is 5.73 Å². The Bertz CT molecular complexity index is 672. The van der Waals surface area contributed by atoms with Gasteiger partial charge in [0.05, 0.1) is 11.2 Å². The van der Waals surface area contributed by atoms with Crippen LogP contribution in [0.4, 0.5) is 0 Å². The van der Waals surface area contributed by atoms with Gasteiger partial charge in [-0.2, -0.15) is 0 Å². The molecule has 0 bridgehead atoms. The summed E-state index contributed by atoms with van der Waals surface area (Å²) < 4.78 is 0. The monoisotopic (exact) mass is 280 g/mol. The Labute approximate surface area is 122 Å². The molecule has 2 nitrogen and oxygen atoms in total. The van der Waals surface area contributed by atoms with Gasteiger partial charge in [0.2, 0.25) is 0 Å². The molecule has 0 aliphatic rings. The van der Waals surface area contributed by atoms with Crippen molar-refractivity contribution < 1.29 is 0 Å². The number of benzene rings is 2. The number of rotatable bonds is 4. The van der Waals surface area contributed by atoms with Gasteiger partial charge in [0.25, 0.3) is 0 Å². The van der Waals surface area contributed by atoms with Gasteiger partial charge in [-0.05, 0) is 24.1 Å². The highest BCUT2D eigenvalue weighted by Gasteiger charge is 2.08. The second-order valence-corrected chi connectivity index (χ2v) is 5.55.